The van der Waals surface area contributed by atoms with Gasteiger partial charge in [0.2, 0.25) is 0 Å². The van der Waals surface area contributed by atoms with E-state index in [0.717, 1.165) is 68.6 Å². The van der Waals surface area contributed by atoms with Crippen LogP contribution in [0.5, 0.6) is 0 Å². The molecule has 140 valence electrons. The van der Waals surface area contributed by atoms with E-state index < -0.39 is 17.5 Å². The van der Waals surface area contributed by atoms with Crippen molar-refractivity contribution in [3.05, 3.63) is 41.2 Å². The highest BCUT2D eigenvalue weighted by Crippen LogP contribution is 2.47. The van der Waals surface area contributed by atoms with Crippen molar-refractivity contribution in [1.29, 1.82) is 0 Å². The molecule has 0 N–H and O–H groups in total. The number of ketones is 1. The molecular weight excluding hydrogens is 337 g/mol. The minimum Gasteiger partial charge on any atom is -0.300 e. The van der Waals surface area contributed by atoms with Gasteiger partial charge < -0.3 is 0 Å². The molecule has 1 aromatic carbocycles. The summed E-state index contributed by atoms with van der Waals surface area (Å²) in [5.41, 5.74) is 1.43. The maximum absolute atomic E-state index is 13.5. The van der Waals surface area contributed by atoms with E-state index in [2.05, 4.69) is 6.08 Å². The predicted molar refractivity (Wildman–Crippen MR) is 94.8 cm³/mol. The first kappa shape index (κ1) is 17.8. The van der Waals surface area contributed by atoms with Crippen molar-refractivity contribution >= 4 is 11.4 Å². The van der Waals surface area contributed by atoms with Crippen LogP contribution in [-0.2, 0) is 4.79 Å². The van der Waals surface area contributed by atoms with Crippen LogP contribution in [0.2, 0.25) is 0 Å². The number of hydrogen-bond acceptors (Lipinski definition) is 1. The first-order chi connectivity index (χ1) is 12.5. The zero-order valence-corrected chi connectivity index (χ0v) is 14.9. The van der Waals surface area contributed by atoms with Crippen molar-refractivity contribution in [2.75, 3.05) is 0 Å². The molecule has 0 heterocycles. The molecule has 0 saturated heterocycles. The van der Waals surface area contributed by atoms with E-state index in [-0.39, 0.29) is 0 Å². The number of rotatable bonds is 2. The van der Waals surface area contributed by atoms with Gasteiger partial charge in [0.05, 0.1) is 0 Å². The molecular formula is C22H25F3O. The van der Waals surface area contributed by atoms with Gasteiger partial charge in [-0.15, -0.1) is 0 Å². The average Bonchev–Trinajstić information content (AvgIpc) is 2.65. The Hall–Kier alpha value is -1.58. The largest absolute Gasteiger partial charge is 0.300 e. The number of Topliss-reactive ketones (excluding diaryl/α,β-unsaturated/α-hetero) is 1. The highest BCUT2D eigenvalue weighted by molar-refractivity contribution is 5.79. The first-order valence-corrected chi connectivity index (χ1v) is 9.88. The molecule has 0 bridgehead atoms. The summed E-state index contributed by atoms with van der Waals surface area (Å²) < 4.78 is 40.3. The standard InChI is InChI=1S/C22H25F3O/c23-20-11-18(12-21(24)22(20)25)17-4-3-15-9-14(1-2-16(15)10-17)13-5-7-19(26)8-6-13/h10-16H,1-9H2. The molecule has 2 saturated carbocycles. The van der Waals surface area contributed by atoms with Crippen molar-refractivity contribution in [3.63, 3.8) is 0 Å². The lowest BCUT2D eigenvalue weighted by Gasteiger charge is -2.42. The van der Waals surface area contributed by atoms with Gasteiger partial charge in [-0.05, 0) is 91.9 Å². The average molecular weight is 362 g/mol. The third kappa shape index (κ3) is 3.47. The fourth-order valence-electron chi connectivity index (χ4n) is 5.40. The molecule has 2 fully saturated rings. The van der Waals surface area contributed by atoms with Gasteiger partial charge in [-0.25, -0.2) is 13.2 Å². The van der Waals surface area contributed by atoms with Gasteiger partial charge >= 0.3 is 0 Å². The van der Waals surface area contributed by atoms with Crippen molar-refractivity contribution in [1.82, 2.24) is 0 Å². The maximum atomic E-state index is 13.5. The van der Waals surface area contributed by atoms with E-state index in [1.54, 1.807) is 0 Å². The molecule has 26 heavy (non-hydrogen) atoms. The molecule has 0 radical (unpaired) electrons. The van der Waals surface area contributed by atoms with E-state index in [1.165, 1.54) is 12.8 Å². The van der Waals surface area contributed by atoms with Crippen LogP contribution in [0.15, 0.2) is 18.2 Å². The van der Waals surface area contributed by atoms with Crippen LogP contribution in [0.3, 0.4) is 0 Å². The van der Waals surface area contributed by atoms with Crippen molar-refractivity contribution in [2.24, 2.45) is 23.7 Å². The van der Waals surface area contributed by atoms with Crippen LogP contribution in [0, 0.1) is 41.1 Å². The third-order valence-electron chi connectivity index (χ3n) is 6.89. The van der Waals surface area contributed by atoms with Crippen molar-refractivity contribution in [2.45, 2.75) is 57.8 Å². The molecule has 0 amide bonds. The Morgan fingerprint density at radius 2 is 1.42 bits per heavy atom. The van der Waals surface area contributed by atoms with Gasteiger partial charge in [0.1, 0.15) is 5.78 Å². The van der Waals surface area contributed by atoms with Gasteiger partial charge in [0, 0.05) is 12.8 Å². The fourth-order valence-corrected chi connectivity index (χ4v) is 5.40. The number of carbonyl (C=O) groups is 1. The van der Waals surface area contributed by atoms with E-state index in [9.17, 15) is 18.0 Å². The van der Waals surface area contributed by atoms with Crippen LogP contribution in [-0.4, -0.2) is 5.78 Å². The fraction of sp³-hybridized carbons (Fsp3) is 0.591. The van der Waals surface area contributed by atoms with Gasteiger partial charge in [-0.3, -0.25) is 4.79 Å². The Morgan fingerprint density at radius 3 is 2.12 bits per heavy atom. The van der Waals surface area contributed by atoms with Crippen LogP contribution >= 0.6 is 0 Å². The Kier molecular flexibility index (Phi) is 4.94. The molecule has 3 atom stereocenters. The predicted octanol–water partition coefficient (Wildman–Crippen LogP) is 6.07. The first-order valence-electron chi connectivity index (χ1n) is 9.88. The van der Waals surface area contributed by atoms with E-state index in [0.29, 0.717) is 29.1 Å². The minimum atomic E-state index is -1.39. The van der Waals surface area contributed by atoms with E-state index >= 15 is 0 Å². The molecule has 1 nitrogen and oxygen atoms in total. The van der Waals surface area contributed by atoms with Crippen molar-refractivity contribution < 1.29 is 18.0 Å². The quantitative estimate of drug-likeness (QED) is 0.583. The Morgan fingerprint density at radius 1 is 0.769 bits per heavy atom. The second kappa shape index (κ2) is 7.21. The summed E-state index contributed by atoms with van der Waals surface area (Å²) >= 11 is 0. The van der Waals surface area contributed by atoms with Crippen LogP contribution in [0.25, 0.3) is 5.57 Å². The summed E-state index contributed by atoms with van der Waals surface area (Å²) in [6.45, 7) is 0. The van der Waals surface area contributed by atoms with Crippen LogP contribution in [0.1, 0.15) is 63.4 Å². The molecule has 4 rings (SSSR count). The van der Waals surface area contributed by atoms with Gasteiger partial charge in [-0.1, -0.05) is 6.08 Å². The van der Waals surface area contributed by atoms with Crippen LogP contribution < -0.4 is 0 Å². The summed E-state index contributed by atoms with van der Waals surface area (Å²) in [4.78, 5) is 11.5. The molecule has 0 aliphatic heterocycles. The molecule has 1 aromatic rings. The smallest absolute Gasteiger partial charge is 0.194 e. The highest BCUT2D eigenvalue weighted by Gasteiger charge is 2.36. The second-order valence-electron chi connectivity index (χ2n) is 8.36. The van der Waals surface area contributed by atoms with Gasteiger partial charge in [0.15, 0.2) is 17.5 Å². The topological polar surface area (TPSA) is 17.1 Å². The number of benzene rings is 1. The molecule has 3 aliphatic rings. The van der Waals surface area contributed by atoms with Gasteiger partial charge in [-0.2, -0.15) is 0 Å². The lowest BCUT2D eigenvalue weighted by atomic mass is 9.63. The highest BCUT2D eigenvalue weighted by atomic mass is 19.2. The monoisotopic (exact) mass is 362 g/mol. The molecule has 4 heteroatoms. The summed E-state index contributed by atoms with van der Waals surface area (Å²) in [6, 6.07) is 2.24. The molecule has 3 aliphatic carbocycles. The molecule has 3 unspecified atom stereocenters. The lowest BCUT2D eigenvalue weighted by Crippen LogP contribution is -2.31. The Labute approximate surface area is 152 Å². The zero-order chi connectivity index (χ0) is 18.3. The minimum absolute atomic E-state index is 0.416. The summed E-state index contributed by atoms with van der Waals surface area (Å²) in [5, 5.41) is 0. The van der Waals surface area contributed by atoms with E-state index in [4.69, 9.17) is 0 Å². The summed E-state index contributed by atoms with van der Waals surface area (Å²) in [7, 11) is 0. The molecule has 0 spiro atoms. The zero-order valence-electron chi connectivity index (χ0n) is 14.9. The summed E-state index contributed by atoms with van der Waals surface area (Å²) in [5.74, 6) is -0.702. The Bertz CT molecular complexity index is 706. The lowest BCUT2D eigenvalue weighted by molar-refractivity contribution is -0.121. The number of halogens is 3. The number of hydrogen-bond donors (Lipinski definition) is 0. The van der Waals surface area contributed by atoms with E-state index in [1.807, 2.05) is 0 Å². The normalized spacial score (nSPS) is 30.0. The van der Waals surface area contributed by atoms with Crippen molar-refractivity contribution in [3.8, 4) is 0 Å². The SMILES string of the molecule is O=C1CCC(C2CCC3C=C(c4cc(F)c(F)c(F)c4)CCC3C2)CC1. The number of carbonyl (C=O) groups excluding carboxylic acids is 1. The number of fused-ring (bicyclic) bond motifs is 1. The molecule has 0 aromatic heterocycles. The third-order valence-corrected chi connectivity index (χ3v) is 6.89. The van der Waals surface area contributed by atoms with Gasteiger partial charge in [0.25, 0.3) is 0 Å². The number of allylic oxidation sites excluding steroid dienone is 2. The maximum Gasteiger partial charge on any atom is 0.194 e. The Balaban J connectivity index is 1.45. The van der Waals surface area contributed by atoms with Crippen LogP contribution in [0.4, 0.5) is 13.2 Å². The second-order valence-corrected chi connectivity index (χ2v) is 8.36. The summed E-state index contributed by atoms with van der Waals surface area (Å²) in [6.07, 6.45) is 11.1.